The molecule has 3 heteroatoms. The Kier molecular flexibility index (Phi) is 4.83. The molecule has 11 atom stereocenters. The Morgan fingerprint density at radius 1 is 0.840 bits per heavy atom. The van der Waals surface area contributed by atoms with Crippen molar-refractivity contribution in [1.29, 1.82) is 0 Å². The van der Waals surface area contributed by atoms with Crippen molar-refractivity contribution in [3.05, 3.63) is 25.3 Å². The summed E-state index contributed by atoms with van der Waals surface area (Å²) in [5.74, 6) is 9.25. The van der Waals surface area contributed by atoms with E-state index in [0.717, 1.165) is 63.1 Å². The van der Waals surface area contributed by atoms with Crippen LogP contribution in [0.2, 0.25) is 0 Å². The molecular formula is C22H32S3. The van der Waals surface area contributed by atoms with Gasteiger partial charge in [-0.3, -0.25) is 0 Å². The molecule has 25 heavy (non-hydrogen) atoms. The van der Waals surface area contributed by atoms with Crippen LogP contribution in [0.4, 0.5) is 0 Å². The van der Waals surface area contributed by atoms with Gasteiger partial charge in [-0.1, -0.05) is 40.7 Å². The Balaban J connectivity index is 1.47. The van der Waals surface area contributed by atoms with Crippen LogP contribution in [0.15, 0.2) is 25.3 Å². The van der Waals surface area contributed by atoms with E-state index < -0.39 is 0 Å². The van der Waals surface area contributed by atoms with Gasteiger partial charge in [0.15, 0.2) is 0 Å². The van der Waals surface area contributed by atoms with Crippen LogP contribution in [0.3, 0.4) is 0 Å². The molecule has 2 saturated heterocycles. The molecule has 0 aromatic carbocycles. The zero-order chi connectivity index (χ0) is 17.1. The fraction of sp³-hybridized carbons (Fsp3) is 0.818. The maximum absolute atomic E-state index is 4.08. The molecule has 5 aliphatic rings. The van der Waals surface area contributed by atoms with E-state index in [0.29, 0.717) is 0 Å². The van der Waals surface area contributed by atoms with Crippen LogP contribution in [0.25, 0.3) is 0 Å². The Bertz CT molecular complexity index is 545. The van der Waals surface area contributed by atoms with Gasteiger partial charge in [-0.15, -0.1) is 13.2 Å². The van der Waals surface area contributed by atoms with E-state index in [2.05, 4.69) is 65.6 Å². The molecule has 0 aromatic heterocycles. The predicted octanol–water partition coefficient (Wildman–Crippen LogP) is 6.55. The second kappa shape index (κ2) is 6.85. The van der Waals surface area contributed by atoms with Gasteiger partial charge >= 0.3 is 0 Å². The summed E-state index contributed by atoms with van der Waals surface area (Å²) in [6.07, 6.45) is 11.3. The molecule has 0 spiro atoms. The second-order valence-electron chi connectivity index (χ2n) is 9.39. The van der Waals surface area contributed by atoms with Gasteiger partial charge < -0.3 is 0 Å². The first kappa shape index (κ1) is 17.6. The van der Waals surface area contributed by atoms with Gasteiger partial charge in [-0.2, -0.15) is 11.8 Å². The highest BCUT2D eigenvalue weighted by Crippen LogP contribution is 2.70. The maximum Gasteiger partial charge on any atom is 0.0225 e. The average molecular weight is 393 g/mol. The van der Waals surface area contributed by atoms with Gasteiger partial charge in [0, 0.05) is 15.7 Å². The third-order valence-corrected chi connectivity index (χ3v) is 13.5. The lowest BCUT2D eigenvalue weighted by atomic mass is 9.52. The van der Waals surface area contributed by atoms with E-state index >= 15 is 0 Å². The minimum absolute atomic E-state index is 0.864. The largest absolute Gasteiger partial charge is 0.158 e. The lowest BCUT2D eigenvalue weighted by Crippen LogP contribution is -2.56. The van der Waals surface area contributed by atoms with Gasteiger partial charge in [0.25, 0.3) is 0 Å². The van der Waals surface area contributed by atoms with Crippen molar-refractivity contribution in [2.24, 2.45) is 47.3 Å². The fourth-order valence-corrected chi connectivity index (χ4v) is 14.0. The van der Waals surface area contributed by atoms with E-state index in [4.69, 9.17) is 0 Å². The standard InChI is InChI=1S/C22H32S3/c1-4-6-13-9-15-16(10-14(13)7-5-2)22-20-18(24-25-22)8-12(3)17-11-23-21(15)19(17)20/h4-5,12-22H,1-2,6-11H2,3H3. The molecule has 2 heterocycles. The average Bonchev–Trinajstić information content (AvgIpc) is 3.20. The maximum atomic E-state index is 4.08. The molecule has 5 rings (SSSR count). The van der Waals surface area contributed by atoms with Crippen LogP contribution in [0.1, 0.15) is 39.0 Å². The van der Waals surface area contributed by atoms with Crippen molar-refractivity contribution < 1.29 is 0 Å². The van der Waals surface area contributed by atoms with Crippen molar-refractivity contribution in [2.75, 3.05) is 5.75 Å². The third kappa shape index (κ3) is 2.65. The molecule has 0 radical (unpaired) electrons. The van der Waals surface area contributed by atoms with Crippen LogP contribution in [0, 0.1) is 47.3 Å². The summed E-state index contributed by atoms with van der Waals surface area (Å²) < 4.78 is 0. The molecule has 3 aliphatic carbocycles. The van der Waals surface area contributed by atoms with Crippen molar-refractivity contribution in [3.8, 4) is 0 Å². The minimum Gasteiger partial charge on any atom is -0.158 e. The van der Waals surface area contributed by atoms with Crippen LogP contribution >= 0.6 is 33.3 Å². The molecule has 0 bridgehead atoms. The van der Waals surface area contributed by atoms with Crippen molar-refractivity contribution in [3.63, 3.8) is 0 Å². The first-order valence-electron chi connectivity index (χ1n) is 10.4. The zero-order valence-corrected chi connectivity index (χ0v) is 17.8. The summed E-state index contributed by atoms with van der Waals surface area (Å²) in [5, 5.41) is 2.92. The van der Waals surface area contributed by atoms with Crippen molar-refractivity contribution in [1.82, 2.24) is 0 Å². The van der Waals surface area contributed by atoms with E-state index in [1.807, 2.05) is 0 Å². The molecule has 2 aliphatic heterocycles. The van der Waals surface area contributed by atoms with Gasteiger partial charge in [-0.05, 0) is 85.2 Å². The van der Waals surface area contributed by atoms with E-state index in [-0.39, 0.29) is 0 Å². The highest BCUT2D eigenvalue weighted by atomic mass is 33.1. The molecule has 138 valence electrons. The summed E-state index contributed by atoms with van der Waals surface area (Å²) in [6, 6.07) is 0. The van der Waals surface area contributed by atoms with Crippen LogP contribution < -0.4 is 0 Å². The number of thioether (sulfide) groups is 1. The topological polar surface area (TPSA) is 0 Å². The summed E-state index contributed by atoms with van der Waals surface area (Å²) in [4.78, 5) is 0. The highest BCUT2D eigenvalue weighted by Gasteiger charge is 2.63. The quantitative estimate of drug-likeness (QED) is 0.393. The number of hydrogen-bond acceptors (Lipinski definition) is 3. The van der Waals surface area contributed by atoms with Gasteiger partial charge in [-0.25, -0.2) is 0 Å². The highest BCUT2D eigenvalue weighted by molar-refractivity contribution is 8.77. The molecular weight excluding hydrogens is 360 g/mol. The van der Waals surface area contributed by atoms with Crippen LogP contribution in [-0.2, 0) is 0 Å². The smallest absolute Gasteiger partial charge is 0.0225 e. The number of allylic oxidation sites excluding steroid dienone is 2. The molecule has 0 amide bonds. The summed E-state index contributed by atoms with van der Waals surface area (Å²) in [5.41, 5.74) is 0. The Hall–Kier alpha value is 0.530. The van der Waals surface area contributed by atoms with Gasteiger partial charge in [0.05, 0.1) is 0 Å². The van der Waals surface area contributed by atoms with Crippen LogP contribution in [-0.4, -0.2) is 21.5 Å². The predicted molar refractivity (Wildman–Crippen MR) is 116 cm³/mol. The third-order valence-electron chi connectivity index (χ3n) is 8.38. The summed E-state index contributed by atoms with van der Waals surface area (Å²) in [7, 11) is 4.61. The molecule has 0 aromatic rings. The molecule has 3 saturated carbocycles. The minimum atomic E-state index is 0.864. The Labute approximate surface area is 166 Å². The number of fused-ring (bicyclic) bond motifs is 3. The fourth-order valence-electron chi connectivity index (χ4n) is 7.38. The number of rotatable bonds is 4. The number of hydrogen-bond donors (Lipinski definition) is 0. The summed E-state index contributed by atoms with van der Waals surface area (Å²) >= 11 is 2.39. The zero-order valence-electron chi connectivity index (χ0n) is 15.4. The summed E-state index contributed by atoms with van der Waals surface area (Å²) in [6.45, 7) is 10.7. The first-order chi connectivity index (χ1) is 12.2. The van der Waals surface area contributed by atoms with Gasteiger partial charge in [0.2, 0.25) is 0 Å². The van der Waals surface area contributed by atoms with Crippen molar-refractivity contribution in [2.45, 2.75) is 54.8 Å². The van der Waals surface area contributed by atoms with Gasteiger partial charge in [0.1, 0.15) is 0 Å². The normalized spacial score (nSPS) is 56.1. The lowest BCUT2D eigenvalue weighted by molar-refractivity contribution is 0.00234. The van der Waals surface area contributed by atoms with E-state index in [1.54, 1.807) is 0 Å². The lowest BCUT2D eigenvalue weighted by Gasteiger charge is -2.56. The molecule has 5 fully saturated rings. The monoisotopic (exact) mass is 392 g/mol. The first-order valence-corrected chi connectivity index (χ1v) is 13.7. The Morgan fingerprint density at radius 3 is 2.20 bits per heavy atom. The molecule has 0 N–H and O–H groups in total. The van der Waals surface area contributed by atoms with E-state index in [1.165, 1.54) is 37.9 Å². The van der Waals surface area contributed by atoms with E-state index in [9.17, 15) is 0 Å². The molecule has 0 nitrogen and oxygen atoms in total. The second-order valence-corrected chi connectivity index (χ2v) is 13.3. The van der Waals surface area contributed by atoms with Crippen molar-refractivity contribution >= 4 is 33.3 Å². The Morgan fingerprint density at radius 2 is 1.52 bits per heavy atom. The SMILES string of the molecule is C=CCC1CC2C(CC1CC=C)C1SCC3C(C)CC4SSC2C4C31. The molecule has 11 unspecified atom stereocenters. The van der Waals surface area contributed by atoms with Crippen LogP contribution in [0.5, 0.6) is 0 Å².